The van der Waals surface area contributed by atoms with Crippen LogP contribution in [0.4, 0.5) is 0 Å². The Morgan fingerprint density at radius 1 is 1.29 bits per heavy atom. The predicted octanol–water partition coefficient (Wildman–Crippen LogP) is 2.28. The second-order valence-electron chi connectivity index (χ2n) is 3.30. The number of hydrogen-bond acceptors (Lipinski definition) is 1. The zero-order valence-corrected chi connectivity index (χ0v) is 8.84. The van der Waals surface area contributed by atoms with Gasteiger partial charge >= 0.3 is 0 Å². The normalized spacial score (nSPS) is 9.86. The summed E-state index contributed by atoms with van der Waals surface area (Å²) >= 11 is 0. The second kappa shape index (κ2) is 5.43. The Morgan fingerprint density at radius 2 is 2.00 bits per heavy atom. The fourth-order valence-electron chi connectivity index (χ4n) is 1.29. The third-order valence-corrected chi connectivity index (χ3v) is 2.21. The third-order valence-electron chi connectivity index (χ3n) is 2.21. The molecule has 0 aliphatic carbocycles. The van der Waals surface area contributed by atoms with Crippen LogP contribution in [0.15, 0.2) is 24.3 Å². The van der Waals surface area contributed by atoms with E-state index in [2.05, 4.69) is 24.4 Å². The standard InChI is InChI=1S/C12H17NO/c1-3-10-6-5-7-11(8-10)9-13-12(14)4-2/h5-8H,3-4,9H2,1-2H3,(H,13,14). The van der Waals surface area contributed by atoms with Crippen molar-refractivity contribution in [2.75, 3.05) is 0 Å². The number of hydrogen-bond donors (Lipinski definition) is 1. The van der Waals surface area contributed by atoms with Crippen molar-refractivity contribution in [1.29, 1.82) is 0 Å². The average Bonchev–Trinajstić information content (AvgIpc) is 2.26. The molecule has 0 bridgehead atoms. The van der Waals surface area contributed by atoms with Crippen molar-refractivity contribution < 1.29 is 4.79 Å². The molecule has 0 spiro atoms. The van der Waals surface area contributed by atoms with Gasteiger partial charge in [-0.2, -0.15) is 0 Å². The van der Waals surface area contributed by atoms with Gasteiger partial charge in [0.25, 0.3) is 0 Å². The molecule has 1 amide bonds. The van der Waals surface area contributed by atoms with Crippen LogP contribution >= 0.6 is 0 Å². The van der Waals surface area contributed by atoms with Crippen LogP contribution in [0.2, 0.25) is 0 Å². The summed E-state index contributed by atoms with van der Waals surface area (Å²) in [5, 5.41) is 2.86. The fourth-order valence-corrected chi connectivity index (χ4v) is 1.29. The quantitative estimate of drug-likeness (QED) is 0.777. The smallest absolute Gasteiger partial charge is 0.219 e. The second-order valence-corrected chi connectivity index (χ2v) is 3.30. The van der Waals surface area contributed by atoms with E-state index >= 15 is 0 Å². The number of carbonyl (C=O) groups is 1. The molecule has 0 aliphatic heterocycles. The van der Waals surface area contributed by atoms with Crippen molar-refractivity contribution in [1.82, 2.24) is 5.32 Å². The first kappa shape index (κ1) is 10.8. The first-order chi connectivity index (χ1) is 6.76. The maximum atomic E-state index is 11.0. The maximum absolute atomic E-state index is 11.0. The molecular formula is C12H17NO. The van der Waals surface area contributed by atoms with Crippen LogP contribution in [-0.4, -0.2) is 5.91 Å². The lowest BCUT2D eigenvalue weighted by Crippen LogP contribution is -2.21. The Labute approximate surface area is 85.3 Å². The Bertz CT molecular complexity index is 307. The van der Waals surface area contributed by atoms with Gasteiger partial charge < -0.3 is 5.32 Å². The Balaban J connectivity index is 2.54. The summed E-state index contributed by atoms with van der Waals surface area (Å²) in [7, 11) is 0. The molecule has 0 saturated carbocycles. The topological polar surface area (TPSA) is 29.1 Å². The van der Waals surface area contributed by atoms with Crippen molar-refractivity contribution in [2.24, 2.45) is 0 Å². The zero-order valence-electron chi connectivity index (χ0n) is 8.84. The molecule has 0 fully saturated rings. The van der Waals surface area contributed by atoms with E-state index in [0.29, 0.717) is 13.0 Å². The van der Waals surface area contributed by atoms with Gasteiger partial charge in [0.2, 0.25) is 5.91 Å². The number of rotatable bonds is 4. The van der Waals surface area contributed by atoms with Crippen LogP contribution in [-0.2, 0) is 17.8 Å². The average molecular weight is 191 g/mol. The van der Waals surface area contributed by atoms with Crippen LogP contribution in [0.3, 0.4) is 0 Å². The first-order valence-electron chi connectivity index (χ1n) is 5.10. The van der Waals surface area contributed by atoms with Crippen LogP contribution < -0.4 is 5.32 Å². The molecule has 14 heavy (non-hydrogen) atoms. The van der Waals surface area contributed by atoms with E-state index in [1.807, 2.05) is 19.1 Å². The van der Waals surface area contributed by atoms with Crippen LogP contribution in [0.1, 0.15) is 31.4 Å². The monoisotopic (exact) mass is 191 g/mol. The van der Waals surface area contributed by atoms with E-state index < -0.39 is 0 Å². The van der Waals surface area contributed by atoms with Crippen molar-refractivity contribution >= 4 is 5.91 Å². The Morgan fingerprint density at radius 3 is 2.64 bits per heavy atom. The lowest BCUT2D eigenvalue weighted by atomic mass is 10.1. The molecule has 1 aromatic carbocycles. The number of aryl methyl sites for hydroxylation is 1. The SMILES string of the molecule is CCC(=O)NCc1cccc(CC)c1. The van der Waals surface area contributed by atoms with Gasteiger partial charge in [-0.1, -0.05) is 38.1 Å². The van der Waals surface area contributed by atoms with E-state index in [1.54, 1.807) is 0 Å². The Kier molecular flexibility index (Phi) is 4.17. The predicted molar refractivity (Wildman–Crippen MR) is 58.0 cm³/mol. The molecular weight excluding hydrogens is 174 g/mol. The maximum Gasteiger partial charge on any atom is 0.219 e. The Hall–Kier alpha value is -1.31. The molecule has 0 saturated heterocycles. The van der Waals surface area contributed by atoms with Gasteiger partial charge in [-0.05, 0) is 17.5 Å². The highest BCUT2D eigenvalue weighted by molar-refractivity contribution is 5.75. The van der Waals surface area contributed by atoms with Gasteiger partial charge in [-0.25, -0.2) is 0 Å². The zero-order chi connectivity index (χ0) is 10.4. The molecule has 76 valence electrons. The summed E-state index contributed by atoms with van der Waals surface area (Å²) in [4.78, 5) is 11.0. The largest absolute Gasteiger partial charge is 0.352 e. The van der Waals surface area contributed by atoms with E-state index in [4.69, 9.17) is 0 Å². The van der Waals surface area contributed by atoms with Gasteiger partial charge in [0.15, 0.2) is 0 Å². The summed E-state index contributed by atoms with van der Waals surface area (Å²) in [6, 6.07) is 8.31. The molecule has 2 heteroatoms. The minimum Gasteiger partial charge on any atom is -0.352 e. The summed E-state index contributed by atoms with van der Waals surface area (Å²) < 4.78 is 0. The van der Waals surface area contributed by atoms with E-state index in [9.17, 15) is 4.79 Å². The summed E-state index contributed by atoms with van der Waals surface area (Å²) in [5.74, 6) is 0.104. The molecule has 0 unspecified atom stereocenters. The molecule has 0 atom stereocenters. The van der Waals surface area contributed by atoms with Crippen LogP contribution in [0.5, 0.6) is 0 Å². The van der Waals surface area contributed by atoms with Crippen LogP contribution in [0.25, 0.3) is 0 Å². The number of nitrogens with one attached hydrogen (secondary N) is 1. The fraction of sp³-hybridized carbons (Fsp3) is 0.417. The number of amides is 1. The summed E-state index contributed by atoms with van der Waals surface area (Å²) in [6.45, 7) is 4.63. The summed E-state index contributed by atoms with van der Waals surface area (Å²) in [6.07, 6.45) is 1.59. The third kappa shape index (κ3) is 3.21. The van der Waals surface area contributed by atoms with E-state index in [1.165, 1.54) is 11.1 Å². The van der Waals surface area contributed by atoms with Gasteiger partial charge in [0.1, 0.15) is 0 Å². The van der Waals surface area contributed by atoms with Gasteiger partial charge in [-0.3, -0.25) is 4.79 Å². The lowest BCUT2D eigenvalue weighted by Gasteiger charge is -2.05. The number of carbonyl (C=O) groups excluding carboxylic acids is 1. The van der Waals surface area contributed by atoms with Crippen molar-refractivity contribution in [3.63, 3.8) is 0 Å². The highest BCUT2D eigenvalue weighted by atomic mass is 16.1. The van der Waals surface area contributed by atoms with Crippen LogP contribution in [0, 0.1) is 0 Å². The van der Waals surface area contributed by atoms with E-state index in [0.717, 1.165) is 6.42 Å². The molecule has 1 aromatic rings. The molecule has 0 aromatic heterocycles. The summed E-state index contributed by atoms with van der Waals surface area (Å²) in [5.41, 5.74) is 2.49. The number of benzene rings is 1. The van der Waals surface area contributed by atoms with Gasteiger partial charge in [0, 0.05) is 13.0 Å². The molecule has 1 rings (SSSR count). The van der Waals surface area contributed by atoms with Crippen molar-refractivity contribution in [3.8, 4) is 0 Å². The highest BCUT2D eigenvalue weighted by Crippen LogP contribution is 2.05. The van der Waals surface area contributed by atoms with Crippen molar-refractivity contribution in [2.45, 2.75) is 33.2 Å². The first-order valence-corrected chi connectivity index (χ1v) is 5.10. The minimum atomic E-state index is 0.104. The minimum absolute atomic E-state index is 0.104. The van der Waals surface area contributed by atoms with Gasteiger partial charge in [0.05, 0.1) is 0 Å². The molecule has 0 heterocycles. The molecule has 2 nitrogen and oxygen atoms in total. The molecule has 0 radical (unpaired) electrons. The van der Waals surface area contributed by atoms with Gasteiger partial charge in [-0.15, -0.1) is 0 Å². The molecule has 0 aliphatic rings. The highest BCUT2D eigenvalue weighted by Gasteiger charge is 1.97. The van der Waals surface area contributed by atoms with Crippen molar-refractivity contribution in [3.05, 3.63) is 35.4 Å². The lowest BCUT2D eigenvalue weighted by molar-refractivity contribution is -0.120. The van der Waals surface area contributed by atoms with E-state index in [-0.39, 0.29) is 5.91 Å². The molecule has 1 N–H and O–H groups in total.